The van der Waals surface area contributed by atoms with Gasteiger partial charge in [0, 0.05) is 6.42 Å². The number of aldehydes is 1. The second-order valence-electron chi connectivity index (χ2n) is 8.52. The van der Waals surface area contributed by atoms with Crippen LogP contribution in [0.15, 0.2) is 0 Å². The molecule has 7 heteroatoms. The number of unbranched alkanes of at least 4 members (excludes halogenated alkanes) is 14. The summed E-state index contributed by atoms with van der Waals surface area (Å²) in [6.45, 7) is 1.46. The molecule has 0 aromatic rings. The third-order valence-corrected chi connectivity index (χ3v) is 5.65. The van der Waals surface area contributed by atoms with Gasteiger partial charge in [0.2, 0.25) is 0 Å². The first-order valence-corrected chi connectivity index (χ1v) is 12.3. The van der Waals surface area contributed by atoms with Gasteiger partial charge in [-0.1, -0.05) is 96.8 Å². The average Bonchev–Trinajstić information content (AvgIpc) is 2.78. The number of hydrogen-bond acceptors (Lipinski definition) is 7. The van der Waals surface area contributed by atoms with E-state index in [0.717, 1.165) is 19.3 Å². The molecule has 184 valence electrons. The molecule has 0 bridgehead atoms. The van der Waals surface area contributed by atoms with Crippen LogP contribution in [0.1, 0.15) is 110 Å². The van der Waals surface area contributed by atoms with E-state index in [1.165, 1.54) is 70.6 Å². The third kappa shape index (κ3) is 16.3. The van der Waals surface area contributed by atoms with E-state index in [-0.39, 0.29) is 12.7 Å². The Morgan fingerprint density at radius 1 is 0.742 bits per heavy atom. The second kappa shape index (κ2) is 20.9. The van der Waals surface area contributed by atoms with Gasteiger partial charge in [0.25, 0.3) is 0 Å². The van der Waals surface area contributed by atoms with Crippen LogP contribution in [0.4, 0.5) is 0 Å². The fourth-order valence-electron chi connectivity index (χ4n) is 3.56. The summed E-state index contributed by atoms with van der Waals surface area (Å²) in [5, 5.41) is 37.5. The molecular formula is C24H46O7. The van der Waals surface area contributed by atoms with Crippen LogP contribution in [0.5, 0.6) is 0 Å². The van der Waals surface area contributed by atoms with Gasteiger partial charge < -0.3 is 25.2 Å². The summed E-state index contributed by atoms with van der Waals surface area (Å²) in [5.41, 5.74) is 0. The molecule has 0 saturated carbocycles. The van der Waals surface area contributed by atoms with E-state index < -0.39 is 37.0 Å². The molecule has 31 heavy (non-hydrogen) atoms. The molecule has 0 aromatic heterocycles. The lowest BCUT2D eigenvalue weighted by molar-refractivity contribution is -0.168. The van der Waals surface area contributed by atoms with Crippen molar-refractivity contribution in [3.05, 3.63) is 0 Å². The van der Waals surface area contributed by atoms with Gasteiger partial charge in [-0.3, -0.25) is 9.59 Å². The maximum atomic E-state index is 11.8. The Kier molecular flexibility index (Phi) is 20.2. The molecule has 0 aromatic carbocycles. The Balaban J connectivity index is 3.61. The minimum atomic E-state index is -1.79. The molecule has 0 amide bonds. The highest BCUT2D eigenvalue weighted by Gasteiger charge is 2.33. The lowest BCUT2D eigenvalue weighted by atomic mass is 10.0. The number of aliphatic hydroxyl groups is 4. The van der Waals surface area contributed by atoms with Crippen LogP contribution in [0, 0.1) is 0 Å². The Hall–Kier alpha value is -1.02. The first kappa shape index (κ1) is 30.0. The predicted octanol–water partition coefficient (Wildman–Crippen LogP) is 3.43. The maximum Gasteiger partial charge on any atom is 0.306 e. The van der Waals surface area contributed by atoms with Gasteiger partial charge in [0.1, 0.15) is 18.3 Å². The average molecular weight is 447 g/mol. The summed E-state index contributed by atoms with van der Waals surface area (Å²) in [6.07, 6.45) is 11.9. The molecule has 0 fully saturated rings. The monoisotopic (exact) mass is 446 g/mol. The van der Waals surface area contributed by atoms with E-state index >= 15 is 0 Å². The SMILES string of the molecule is CCCCCCCCCCCCCCCCCC(=O)O[C@H](C=O)[C@@H](O)[C@H](O)[C@H](O)CO. The van der Waals surface area contributed by atoms with Crippen molar-refractivity contribution < 1.29 is 34.8 Å². The Labute approximate surface area is 188 Å². The van der Waals surface area contributed by atoms with Crippen molar-refractivity contribution in [2.75, 3.05) is 6.61 Å². The number of hydrogen-bond donors (Lipinski definition) is 4. The van der Waals surface area contributed by atoms with E-state index in [0.29, 0.717) is 6.42 Å². The number of esters is 1. The highest BCUT2D eigenvalue weighted by Crippen LogP contribution is 2.14. The predicted molar refractivity (Wildman–Crippen MR) is 121 cm³/mol. The summed E-state index contributed by atoms with van der Waals surface area (Å²) in [6, 6.07) is 0. The Morgan fingerprint density at radius 3 is 1.55 bits per heavy atom. The smallest absolute Gasteiger partial charge is 0.306 e. The van der Waals surface area contributed by atoms with Crippen molar-refractivity contribution in [2.24, 2.45) is 0 Å². The van der Waals surface area contributed by atoms with Gasteiger partial charge in [-0.25, -0.2) is 0 Å². The summed E-state index contributed by atoms with van der Waals surface area (Å²) in [5.74, 6) is -0.628. The highest BCUT2D eigenvalue weighted by atomic mass is 16.6. The fourth-order valence-corrected chi connectivity index (χ4v) is 3.56. The molecule has 0 rings (SSSR count). The Morgan fingerprint density at radius 2 is 1.16 bits per heavy atom. The zero-order valence-corrected chi connectivity index (χ0v) is 19.4. The molecule has 0 aliphatic heterocycles. The third-order valence-electron chi connectivity index (χ3n) is 5.65. The highest BCUT2D eigenvalue weighted by molar-refractivity contribution is 5.72. The van der Waals surface area contributed by atoms with Gasteiger partial charge in [-0.05, 0) is 6.42 Å². The van der Waals surface area contributed by atoms with Crippen molar-refractivity contribution in [1.29, 1.82) is 0 Å². The number of aliphatic hydroxyl groups excluding tert-OH is 4. The number of carbonyl (C=O) groups is 2. The molecule has 0 aliphatic carbocycles. The van der Waals surface area contributed by atoms with Crippen LogP contribution in [-0.2, 0) is 14.3 Å². The summed E-state index contributed by atoms with van der Waals surface area (Å²) >= 11 is 0. The quantitative estimate of drug-likeness (QED) is 0.114. The van der Waals surface area contributed by atoms with Crippen molar-refractivity contribution in [3.63, 3.8) is 0 Å². The topological polar surface area (TPSA) is 124 Å². The van der Waals surface area contributed by atoms with Crippen molar-refractivity contribution in [2.45, 2.75) is 134 Å². The number of rotatable bonds is 22. The molecular weight excluding hydrogens is 400 g/mol. The van der Waals surface area contributed by atoms with Crippen LogP contribution >= 0.6 is 0 Å². The molecule has 4 atom stereocenters. The minimum absolute atomic E-state index is 0.133. The van der Waals surface area contributed by atoms with Crippen LogP contribution < -0.4 is 0 Å². The maximum absolute atomic E-state index is 11.8. The minimum Gasteiger partial charge on any atom is -0.452 e. The fraction of sp³-hybridized carbons (Fsp3) is 0.917. The molecule has 0 unspecified atom stereocenters. The number of carbonyl (C=O) groups excluding carboxylic acids is 2. The summed E-state index contributed by atoms with van der Waals surface area (Å²) in [4.78, 5) is 22.8. The molecule has 0 heterocycles. The van der Waals surface area contributed by atoms with Crippen LogP contribution in [0.25, 0.3) is 0 Å². The lowest BCUT2D eigenvalue weighted by Gasteiger charge is -2.25. The first-order valence-electron chi connectivity index (χ1n) is 12.3. The van der Waals surface area contributed by atoms with E-state index in [2.05, 4.69) is 6.92 Å². The van der Waals surface area contributed by atoms with Gasteiger partial charge in [-0.2, -0.15) is 0 Å². The van der Waals surface area contributed by atoms with Crippen LogP contribution in [0.3, 0.4) is 0 Å². The molecule has 0 aliphatic rings. The van der Waals surface area contributed by atoms with Gasteiger partial charge in [0.15, 0.2) is 12.4 Å². The second-order valence-corrected chi connectivity index (χ2v) is 8.52. The summed E-state index contributed by atoms with van der Waals surface area (Å²) in [7, 11) is 0. The summed E-state index contributed by atoms with van der Waals surface area (Å²) < 4.78 is 4.89. The molecule has 4 N–H and O–H groups in total. The van der Waals surface area contributed by atoms with Gasteiger partial charge in [0.05, 0.1) is 6.61 Å². The van der Waals surface area contributed by atoms with E-state index in [1.807, 2.05) is 0 Å². The molecule has 0 saturated heterocycles. The normalized spacial score (nSPS) is 15.3. The van der Waals surface area contributed by atoms with E-state index in [9.17, 15) is 24.9 Å². The van der Waals surface area contributed by atoms with E-state index in [1.54, 1.807) is 0 Å². The molecule has 0 spiro atoms. The molecule has 0 radical (unpaired) electrons. The zero-order valence-electron chi connectivity index (χ0n) is 19.4. The standard InChI is InChI=1S/C24H46O7/c1-2-3-4-5-6-7-8-9-10-11-12-13-14-15-16-17-22(28)31-21(19-26)24(30)23(29)20(27)18-25/h19-21,23-25,27,29-30H,2-18H2,1H3/t20-,21-,23-,24-/m1/s1. The largest absolute Gasteiger partial charge is 0.452 e. The van der Waals surface area contributed by atoms with Crippen molar-refractivity contribution >= 4 is 12.3 Å². The van der Waals surface area contributed by atoms with Gasteiger partial charge in [-0.15, -0.1) is 0 Å². The first-order chi connectivity index (χ1) is 15.0. The van der Waals surface area contributed by atoms with E-state index in [4.69, 9.17) is 9.84 Å². The van der Waals surface area contributed by atoms with Crippen molar-refractivity contribution in [3.8, 4) is 0 Å². The van der Waals surface area contributed by atoms with Gasteiger partial charge >= 0.3 is 5.97 Å². The zero-order chi connectivity index (χ0) is 23.3. The lowest BCUT2D eigenvalue weighted by Crippen LogP contribution is -2.48. The van der Waals surface area contributed by atoms with Crippen LogP contribution in [-0.4, -0.2) is 63.7 Å². The van der Waals surface area contributed by atoms with Crippen LogP contribution in [0.2, 0.25) is 0 Å². The Bertz CT molecular complexity index is 430. The number of ether oxygens (including phenoxy) is 1. The van der Waals surface area contributed by atoms with Crippen molar-refractivity contribution in [1.82, 2.24) is 0 Å². The molecule has 7 nitrogen and oxygen atoms in total.